The lowest BCUT2D eigenvalue weighted by Gasteiger charge is -2.07. The third-order valence-corrected chi connectivity index (χ3v) is 2.58. The third kappa shape index (κ3) is 0.990. The maximum atomic E-state index is 5.98. The van der Waals surface area contributed by atoms with Gasteiger partial charge in [0.15, 0.2) is 4.60 Å². The molecule has 0 spiro atoms. The van der Waals surface area contributed by atoms with Gasteiger partial charge >= 0.3 is 0 Å². The fourth-order valence-corrected chi connectivity index (χ4v) is 1.95. The summed E-state index contributed by atoms with van der Waals surface area (Å²) in [7, 11) is 1.86. The van der Waals surface area contributed by atoms with Crippen molar-refractivity contribution < 1.29 is 0 Å². The summed E-state index contributed by atoms with van der Waals surface area (Å²) in [6, 6.07) is 0. The molecule has 2 rings (SSSR count). The normalized spacial score (nSPS) is 20.3. The number of rotatable bonds is 1. The van der Waals surface area contributed by atoms with E-state index in [-0.39, 0.29) is 5.54 Å². The molecule has 0 radical (unpaired) electrons. The molecule has 0 unspecified atom stereocenters. The van der Waals surface area contributed by atoms with E-state index >= 15 is 0 Å². The molecule has 11 heavy (non-hydrogen) atoms. The van der Waals surface area contributed by atoms with Gasteiger partial charge in [-0.05, 0) is 28.8 Å². The van der Waals surface area contributed by atoms with Crippen LogP contribution in [-0.4, -0.2) is 15.0 Å². The summed E-state index contributed by atoms with van der Waals surface area (Å²) in [6.07, 6.45) is 2.07. The fraction of sp³-hybridized carbons (Fsp3) is 0.667. The van der Waals surface area contributed by atoms with Gasteiger partial charge in [0, 0.05) is 7.05 Å². The smallest absolute Gasteiger partial charge is 0.153 e. The Kier molecular flexibility index (Phi) is 1.34. The van der Waals surface area contributed by atoms with Gasteiger partial charge in [-0.2, -0.15) is 0 Å². The molecule has 0 saturated heterocycles. The Balaban J connectivity index is 2.50. The van der Waals surface area contributed by atoms with Crippen LogP contribution in [-0.2, 0) is 12.6 Å². The van der Waals surface area contributed by atoms with Gasteiger partial charge in [0.2, 0.25) is 0 Å². The highest BCUT2D eigenvalue weighted by Crippen LogP contribution is 2.44. The minimum Gasteiger partial charge on any atom is -0.320 e. The van der Waals surface area contributed by atoms with Gasteiger partial charge in [0.05, 0.1) is 11.2 Å². The molecule has 1 aliphatic rings. The van der Waals surface area contributed by atoms with Crippen molar-refractivity contribution in [2.45, 2.75) is 18.4 Å². The van der Waals surface area contributed by atoms with Crippen LogP contribution in [0.2, 0.25) is 0 Å². The Morgan fingerprint density at radius 1 is 1.64 bits per heavy atom. The van der Waals surface area contributed by atoms with Crippen LogP contribution in [0.4, 0.5) is 0 Å². The zero-order valence-electron chi connectivity index (χ0n) is 6.21. The van der Waals surface area contributed by atoms with E-state index in [1.54, 1.807) is 4.68 Å². The van der Waals surface area contributed by atoms with Gasteiger partial charge in [-0.25, -0.2) is 4.68 Å². The molecule has 1 aromatic heterocycles. The van der Waals surface area contributed by atoms with Crippen LogP contribution >= 0.6 is 15.9 Å². The van der Waals surface area contributed by atoms with Crippen LogP contribution in [0.5, 0.6) is 0 Å². The zero-order chi connectivity index (χ0) is 8.06. The van der Waals surface area contributed by atoms with E-state index in [9.17, 15) is 0 Å². The monoisotopic (exact) mass is 216 g/mol. The second-order valence-electron chi connectivity index (χ2n) is 3.01. The number of nitrogens with two attached hydrogens (primary N) is 1. The minimum atomic E-state index is -0.156. The lowest BCUT2D eigenvalue weighted by Crippen LogP contribution is -2.22. The highest BCUT2D eigenvalue weighted by atomic mass is 79.9. The van der Waals surface area contributed by atoms with Crippen molar-refractivity contribution in [2.75, 3.05) is 0 Å². The summed E-state index contributed by atoms with van der Waals surface area (Å²) in [4.78, 5) is 0. The molecule has 5 heteroatoms. The van der Waals surface area contributed by atoms with Crippen LogP contribution in [0.25, 0.3) is 0 Å². The summed E-state index contributed by atoms with van der Waals surface area (Å²) in [5.74, 6) is 0. The van der Waals surface area contributed by atoms with Crippen LogP contribution in [0.1, 0.15) is 18.5 Å². The summed E-state index contributed by atoms with van der Waals surface area (Å²) in [5, 5.41) is 7.73. The molecule has 1 aromatic rings. The van der Waals surface area contributed by atoms with E-state index < -0.39 is 0 Å². The lowest BCUT2D eigenvalue weighted by atomic mass is 10.2. The number of hydrogen-bond acceptors (Lipinski definition) is 3. The van der Waals surface area contributed by atoms with Gasteiger partial charge in [-0.3, -0.25) is 0 Å². The van der Waals surface area contributed by atoms with Crippen molar-refractivity contribution in [1.82, 2.24) is 15.0 Å². The highest BCUT2D eigenvalue weighted by Gasteiger charge is 2.44. The molecule has 0 aliphatic heterocycles. The van der Waals surface area contributed by atoms with E-state index in [1.165, 1.54) is 0 Å². The second-order valence-corrected chi connectivity index (χ2v) is 3.76. The molecule has 1 aliphatic carbocycles. The Hall–Kier alpha value is -0.420. The van der Waals surface area contributed by atoms with Crippen molar-refractivity contribution in [3.63, 3.8) is 0 Å². The average Bonchev–Trinajstić information content (AvgIpc) is 2.56. The number of halogens is 1. The molecule has 0 aromatic carbocycles. The first kappa shape index (κ1) is 7.24. The lowest BCUT2D eigenvalue weighted by molar-refractivity contribution is 0.603. The topological polar surface area (TPSA) is 56.7 Å². The van der Waals surface area contributed by atoms with Gasteiger partial charge in [-0.15, -0.1) is 5.10 Å². The first-order chi connectivity index (χ1) is 5.13. The SMILES string of the molecule is Cn1nnc(Br)c1C1(N)CC1. The fourth-order valence-electron chi connectivity index (χ4n) is 1.23. The van der Waals surface area contributed by atoms with E-state index in [0.717, 1.165) is 23.1 Å². The molecular formula is C6H9BrN4. The maximum Gasteiger partial charge on any atom is 0.153 e. The number of aromatic nitrogens is 3. The predicted octanol–water partition coefficient (Wildman–Crippen LogP) is 0.525. The van der Waals surface area contributed by atoms with Crippen LogP contribution < -0.4 is 5.73 Å². The molecule has 0 atom stereocenters. The molecular weight excluding hydrogens is 208 g/mol. The van der Waals surface area contributed by atoms with Crippen molar-refractivity contribution in [1.29, 1.82) is 0 Å². The Bertz CT molecular complexity index is 269. The largest absolute Gasteiger partial charge is 0.320 e. The Morgan fingerprint density at radius 3 is 2.64 bits per heavy atom. The van der Waals surface area contributed by atoms with Gasteiger partial charge in [0.25, 0.3) is 0 Å². The van der Waals surface area contributed by atoms with E-state index in [0.29, 0.717) is 0 Å². The number of aryl methyl sites for hydroxylation is 1. The first-order valence-electron chi connectivity index (χ1n) is 3.48. The van der Waals surface area contributed by atoms with E-state index in [4.69, 9.17) is 5.73 Å². The minimum absolute atomic E-state index is 0.156. The molecule has 2 N–H and O–H groups in total. The number of hydrogen-bond donors (Lipinski definition) is 1. The summed E-state index contributed by atoms with van der Waals surface area (Å²) >= 11 is 3.32. The molecule has 1 saturated carbocycles. The summed E-state index contributed by atoms with van der Waals surface area (Å²) in [5.41, 5.74) is 6.84. The average molecular weight is 217 g/mol. The molecule has 0 bridgehead atoms. The Labute approximate surface area is 72.9 Å². The predicted molar refractivity (Wildman–Crippen MR) is 43.8 cm³/mol. The Morgan fingerprint density at radius 2 is 2.27 bits per heavy atom. The third-order valence-electron chi connectivity index (χ3n) is 2.05. The van der Waals surface area contributed by atoms with Crippen LogP contribution in [0, 0.1) is 0 Å². The molecule has 1 heterocycles. The van der Waals surface area contributed by atoms with Gasteiger partial charge < -0.3 is 5.73 Å². The standard InChI is InChI=1S/C6H9BrN4/c1-11-4(5(7)9-10-11)6(8)2-3-6/h2-3,8H2,1H3. The van der Waals surface area contributed by atoms with E-state index in [2.05, 4.69) is 26.2 Å². The van der Waals surface area contributed by atoms with E-state index in [1.807, 2.05) is 7.05 Å². The van der Waals surface area contributed by atoms with Crippen molar-refractivity contribution >= 4 is 15.9 Å². The maximum absolute atomic E-state index is 5.98. The van der Waals surface area contributed by atoms with Crippen molar-refractivity contribution in [3.05, 3.63) is 10.3 Å². The molecule has 4 nitrogen and oxygen atoms in total. The highest BCUT2D eigenvalue weighted by molar-refractivity contribution is 9.10. The quantitative estimate of drug-likeness (QED) is 0.746. The molecule has 0 amide bonds. The van der Waals surface area contributed by atoms with Crippen molar-refractivity contribution in [3.8, 4) is 0 Å². The number of nitrogens with zero attached hydrogens (tertiary/aromatic N) is 3. The van der Waals surface area contributed by atoms with Crippen LogP contribution in [0.3, 0.4) is 0 Å². The summed E-state index contributed by atoms with van der Waals surface area (Å²) in [6.45, 7) is 0. The van der Waals surface area contributed by atoms with Crippen LogP contribution in [0.15, 0.2) is 4.60 Å². The summed E-state index contributed by atoms with van der Waals surface area (Å²) < 4.78 is 2.51. The molecule has 60 valence electrons. The second kappa shape index (κ2) is 2.04. The van der Waals surface area contributed by atoms with Gasteiger partial charge in [0.1, 0.15) is 0 Å². The zero-order valence-corrected chi connectivity index (χ0v) is 7.80. The van der Waals surface area contributed by atoms with Gasteiger partial charge in [-0.1, -0.05) is 5.21 Å². The molecule has 1 fully saturated rings. The first-order valence-corrected chi connectivity index (χ1v) is 4.27. The van der Waals surface area contributed by atoms with Crippen molar-refractivity contribution in [2.24, 2.45) is 12.8 Å².